The maximum absolute atomic E-state index is 5.76. The summed E-state index contributed by atoms with van der Waals surface area (Å²) in [7, 11) is 1.74. The van der Waals surface area contributed by atoms with Crippen molar-refractivity contribution in [1.29, 1.82) is 0 Å². The molecule has 0 radical (unpaired) electrons. The van der Waals surface area contributed by atoms with E-state index in [1.54, 1.807) is 7.05 Å². The van der Waals surface area contributed by atoms with Crippen LogP contribution in [0.2, 0.25) is 5.15 Å². The molecule has 0 aliphatic heterocycles. The Labute approximate surface area is 98.4 Å². The van der Waals surface area contributed by atoms with Crippen molar-refractivity contribution in [3.63, 3.8) is 0 Å². The molecule has 2 heterocycles. The average molecular weight is 291 g/mol. The zero-order chi connectivity index (χ0) is 10.8. The van der Waals surface area contributed by atoms with Crippen LogP contribution in [0.25, 0.3) is 0 Å². The van der Waals surface area contributed by atoms with Crippen LogP contribution in [-0.2, 0) is 7.05 Å². The largest absolute Gasteiger partial charge is 0.403 e. The Morgan fingerprint density at radius 2 is 2.20 bits per heavy atom. The van der Waals surface area contributed by atoms with Gasteiger partial charge < -0.3 is 4.74 Å². The van der Waals surface area contributed by atoms with Crippen molar-refractivity contribution in [2.24, 2.45) is 7.05 Å². The second-order valence-corrected chi connectivity index (χ2v) is 3.74. The van der Waals surface area contributed by atoms with E-state index in [2.05, 4.69) is 36.0 Å². The summed E-state index contributed by atoms with van der Waals surface area (Å²) in [4.78, 5) is 11.5. The van der Waals surface area contributed by atoms with E-state index >= 15 is 0 Å². The van der Waals surface area contributed by atoms with Crippen molar-refractivity contribution < 1.29 is 4.74 Å². The lowest BCUT2D eigenvalue weighted by molar-refractivity contribution is 0.418. The van der Waals surface area contributed by atoms with Gasteiger partial charge in [-0.05, 0) is 15.9 Å². The lowest BCUT2D eigenvalue weighted by Gasteiger charge is -2.01. The monoisotopic (exact) mass is 289 g/mol. The summed E-state index contributed by atoms with van der Waals surface area (Å²) in [6.07, 6.45) is 2.82. The molecule has 2 rings (SSSR count). The minimum Gasteiger partial charge on any atom is -0.403 e. The Hall–Kier alpha value is -1.21. The molecule has 8 heteroatoms. The first-order valence-electron chi connectivity index (χ1n) is 3.86. The first-order chi connectivity index (χ1) is 7.16. The van der Waals surface area contributed by atoms with Crippen molar-refractivity contribution in [2.75, 3.05) is 0 Å². The lowest BCUT2D eigenvalue weighted by Crippen LogP contribution is -1.94. The van der Waals surface area contributed by atoms with Gasteiger partial charge in [0.25, 0.3) is 0 Å². The summed E-state index contributed by atoms with van der Waals surface area (Å²) < 4.78 is 7.28. The molecule has 0 saturated heterocycles. The van der Waals surface area contributed by atoms with Crippen molar-refractivity contribution >= 4 is 27.5 Å². The van der Waals surface area contributed by atoms with E-state index in [0.29, 0.717) is 4.47 Å². The number of hydrogen-bond donors (Lipinski definition) is 0. The van der Waals surface area contributed by atoms with Gasteiger partial charge in [0.1, 0.15) is 17.1 Å². The fraction of sp³-hybridized carbons (Fsp3) is 0.143. The molecule has 0 spiro atoms. The Bertz CT molecular complexity index is 488. The van der Waals surface area contributed by atoms with Gasteiger partial charge in [-0.25, -0.2) is 9.97 Å². The Morgan fingerprint density at radius 1 is 1.40 bits per heavy atom. The third-order valence-corrected chi connectivity index (χ3v) is 2.71. The molecule has 0 unspecified atom stereocenters. The fourth-order valence-electron chi connectivity index (χ4n) is 0.857. The summed E-state index contributed by atoms with van der Waals surface area (Å²) in [5.74, 6) is 0.279. The standard InChI is InChI=1S/C7H5BrClN5O/c1-14-3-12-7(13-14)15-6-4(8)5(9)10-2-11-6/h2-3H,1H3. The maximum Gasteiger partial charge on any atom is 0.342 e. The predicted molar refractivity (Wildman–Crippen MR) is 55.8 cm³/mol. The van der Waals surface area contributed by atoms with Crippen LogP contribution >= 0.6 is 27.5 Å². The Kier molecular flexibility index (Phi) is 2.83. The molecular weight excluding hydrogens is 285 g/mol. The molecule has 6 nitrogen and oxygen atoms in total. The molecule has 0 N–H and O–H groups in total. The predicted octanol–water partition coefficient (Wildman–Crippen LogP) is 1.81. The van der Waals surface area contributed by atoms with Crippen molar-refractivity contribution in [3.05, 3.63) is 22.3 Å². The zero-order valence-electron chi connectivity index (χ0n) is 7.55. The molecule has 2 aromatic rings. The molecular formula is C7H5BrClN5O. The van der Waals surface area contributed by atoms with Gasteiger partial charge >= 0.3 is 6.01 Å². The number of rotatable bonds is 2. The second kappa shape index (κ2) is 4.11. The smallest absolute Gasteiger partial charge is 0.342 e. The van der Waals surface area contributed by atoms with Gasteiger partial charge in [0, 0.05) is 7.05 Å². The van der Waals surface area contributed by atoms with Crippen molar-refractivity contribution in [3.8, 4) is 11.9 Å². The number of nitrogens with zero attached hydrogens (tertiary/aromatic N) is 5. The molecule has 0 atom stereocenters. The van der Waals surface area contributed by atoms with Crippen LogP contribution in [0.15, 0.2) is 17.1 Å². The summed E-state index contributed by atoms with van der Waals surface area (Å²) in [5.41, 5.74) is 0. The average Bonchev–Trinajstić information content (AvgIpc) is 2.59. The SMILES string of the molecule is Cn1cnc(Oc2ncnc(Cl)c2Br)n1. The van der Waals surface area contributed by atoms with Gasteiger partial charge in [-0.1, -0.05) is 11.6 Å². The van der Waals surface area contributed by atoms with Gasteiger partial charge in [-0.2, -0.15) is 4.98 Å². The molecule has 0 saturated carbocycles. The van der Waals surface area contributed by atoms with Crippen molar-refractivity contribution in [1.82, 2.24) is 24.7 Å². The summed E-state index contributed by atoms with van der Waals surface area (Å²) in [6.45, 7) is 0. The minimum absolute atomic E-state index is 0.202. The quantitative estimate of drug-likeness (QED) is 0.789. The number of ether oxygens (including phenoxy) is 1. The highest BCUT2D eigenvalue weighted by molar-refractivity contribution is 9.10. The van der Waals surface area contributed by atoms with Crippen LogP contribution in [0.4, 0.5) is 0 Å². The molecule has 2 aromatic heterocycles. The lowest BCUT2D eigenvalue weighted by atomic mass is 10.6. The first-order valence-corrected chi connectivity index (χ1v) is 5.03. The summed E-state index contributed by atoms with van der Waals surface area (Å²) in [6, 6.07) is 0.202. The van der Waals surface area contributed by atoms with E-state index < -0.39 is 0 Å². The molecule has 0 bridgehead atoms. The van der Waals surface area contributed by atoms with Gasteiger partial charge in [0.05, 0.1) is 0 Å². The van der Waals surface area contributed by atoms with E-state index in [0.717, 1.165) is 0 Å². The number of hydrogen-bond acceptors (Lipinski definition) is 5. The van der Waals surface area contributed by atoms with Crippen LogP contribution < -0.4 is 4.74 Å². The molecule has 0 fully saturated rings. The van der Waals surface area contributed by atoms with Crippen LogP contribution in [0.3, 0.4) is 0 Å². The van der Waals surface area contributed by atoms with Gasteiger partial charge in [0.2, 0.25) is 5.88 Å². The van der Waals surface area contributed by atoms with Crippen LogP contribution in [-0.4, -0.2) is 24.7 Å². The third-order valence-electron chi connectivity index (χ3n) is 1.48. The van der Waals surface area contributed by atoms with Gasteiger partial charge in [0.15, 0.2) is 5.15 Å². The maximum atomic E-state index is 5.76. The third kappa shape index (κ3) is 2.24. The molecule has 15 heavy (non-hydrogen) atoms. The zero-order valence-corrected chi connectivity index (χ0v) is 9.90. The molecule has 0 aliphatic rings. The highest BCUT2D eigenvalue weighted by Gasteiger charge is 2.10. The highest BCUT2D eigenvalue weighted by Crippen LogP contribution is 2.29. The Balaban J connectivity index is 2.28. The van der Waals surface area contributed by atoms with Crippen LogP contribution in [0, 0.1) is 0 Å². The summed E-state index contributed by atoms with van der Waals surface area (Å²) in [5, 5.41) is 4.21. The van der Waals surface area contributed by atoms with E-state index in [1.165, 1.54) is 17.3 Å². The normalized spacial score (nSPS) is 10.3. The molecule has 0 aliphatic carbocycles. The van der Waals surface area contributed by atoms with E-state index in [9.17, 15) is 0 Å². The highest BCUT2D eigenvalue weighted by atomic mass is 79.9. The minimum atomic E-state index is 0.202. The molecule has 0 amide bonds. The van der Waals surface area contributed by atoms with E-state index in [1.807, 2.05) is 0 Å². The second-order valence-electron chi connectivity index (χ2n) is 2.59. The van der Waals surface area contributed by atoms with Gasteiger partial charge in [-0.3, -0.25) is 4.68 Å². The van der Waals surface area contributed by atoms with E-state index in [-0.39, 0.29) is 17.0 Å². The Morgan fingerprint density at radius 3 is 2.87 bits per heavy atom. The summed E-state index contributed by atoms with van der Waals surface area (Å²) >= 11 is 8.96. The number of halogens is 2. The van der Waals surface area contributed by atoms with Crippen LogP contribution in [0.5, 0.6) is 11.9 Å². The number of aryl methyl sites for hydroxylation is 1. The fourth-order valence-corrected chi connectivity index (χ4v) is 1.27. The number of aromatic nitrogens is 5. The molecule has 78 valence electrons. The first kappa shape index (κ1) is 10.3. The van der Waals surface area contributed by atoms with Crippen molar-refractivity contribution in [2.45, 2.75) is 0 Å². The van der Waals surface area contributed by atoms with Gasteiger partial charge in [-0.15, -0.1) is 5.10 Å². The van der Waals surface area contributed by atoms with Crippen LogP contribution in [0.1, 0.15) is 0 Å². The van der Waals surface area contributed by atoms with E-state index in [4.69, 9.17) is 16.3 Å². The molecule has 0 aromatic carbocycles. The topological polar surface area (TPSA) is 65.7 Å².